The summed E-state index contributed by atoms with van der Waals surface area (Å²) >= 11 is 5.99. The van der Waals surface area contributed by atoms with E-state index in [4.69, 9.17) is 70.6 Å². The Morgan fingerprint density at radius 3 is 0.882 bits per heavy atom. The Labute approximate surface area is 758 Å². The number of aryl methyl sites for hydroxylation is 4. The highest BCUT2D eigenvalue weighted by Crippen LogP contribution is 2.44. The van der Waals surface area contributed by atoms with Gasteiger partial charge in [0, 0.05) is 70.1 Å². The van der Waals surface area contributed by atoms with Gasteiger partial charge in [-0.1, -0.05) is 149 Å². The molecule has 0 bridgehead atoms. The first-order valence-electron chi connectivity index (χ1n) is 41.7. The van der Waals surface area contributed by atoms with Gasteiger partial charge < -0.3 is 61.5 Å². The standard InChI is InChI=1S/3C23H31N3O3S.C21H27N3O3S.3CO2/c2*1-7-15-9-17(22(24)28)26(12-15)20(27)11-19-25-14(3)21(30-19)16-8-13(2)29-18(10-16)23(4,5)6;1-7-15-8-9-26(20(15)22(24)28)19(27)12-18-25-14(3)21(30-18)16-10-13(2)29-17(11-16)23(4,5)6;1-12-9-14(10-16(27-12)21(3,4)5)19-13(2)23-17(28-19)11-18(25)24-8-6-7-15(24)20(22)26;3*2-1-3/h2*8,10,15,17H,2,7,9,11-12H2,1,3-6H3,(H2,24,28);10-11,15,20H,2,7-9,12H2,1,3-6H3,(H2,24,28);9-10,15H,1,6-8,11H2,2-5H3,(H2,22,26);;;/t15-,17+;15-,17-;15-,20+;15-;;;/m1010.../s1. The van der Waals surface area contributed by atoms with Gasteiger partial charge >= 0.3 is 18.5 Å². The number of nitrogens with two attached hydrogens (primary N) is 4. The first-order chi connectivity index (χ1) is 59.3. The molecule has 0 saturated carbocycles. The van der Waals surface area contributed by atoms with E-state index >= 15 is 0 Å². The van der Waals surface area contributed by atoms with E-state index in [9.17, 15) is 38.4 Å². The molecule has 0 radical (unpaired) electrons. The van der Waals surface area contributed by atoms with E-state index in [1.165, 1.54) is 45.3 Å². The third-order valence-electron chi connectivity index (χ3n) is 21.7. The highest BCUT2D eigenvalue weighted by atomic mass is 32.1. The third-order valence-corrected chi connectivity index (χ3v) is 26.6. The summed E-state index contributed by atoms with van der Waals surface area (Å²) in [6.07, 6.45) is 23.4. The summed E-state index contributed by atoms with van der Waals surface area (Å²) in [7, 11) is 0. The maximum absolute atomic E-state index is 12.9. The van der Waals surface area contributed by atoms with Gasteiger partial charge in [-0.3, -0.25) is 38.4 Å². The molecular formula is C93H120N12O18S4. The SMILES string of the molecule is C=C1C=C(c2sc(CC(=O)N3CCC[C@H]3C(N)=O)nc2C)C=C(C(C)(C)C)O1.C=C1C=C(c2sc(CC(=O)N3CC[C@@H](CC)[C@H]3C(N)=O)nc2C)C=C(C(C)(C)C)O1.C=C1C=C(c2sc(CC(=O)N3C[C@@H](CC)C[C@H]3C(N)=O)nc2C)C=C(C(C)(C)C)O1.C=C1C=C(c2sc(CC(=O)N3C[C@H](CC)C[C@H]3C(N)=O)nc2C)C=C(C(C)(C)C)O1.O=C=O.O=C=O.O=C=O. The van der Waals surface area contributed by atoms with E-state index in [1.54, 1.807) is 19.6 Å². The predicted molar refractivity (Wildman–Crippen MR) is 483 cm³/mol. The summed E-state index contributed by atoms with van der Waals surface area (Å²) < 4.78 is 23.2. The van der Waals surface area contributed by atoms with Crippen LogP contribution in [0.2, 0.25) is 0 Å². The van der Waals surface area contributed by atoms with Gasteiger partial charge in [0.2, 0.25) is 47.3 Å². The Morgan fingerprint density at radius 1 is 0.386 bits per heavy atom. The van der Waals surface area contributed by atoms with Crippen LogP contribution in [0, 0.1) is 67.1 Å². The van der Waals surface area contributed by atoms with Crippen molar-refractivity contribution in [3.05, 3.63) is 183 Å². The molecule has 34 heteroatoms. The predicted octanol–water partition coefficient (Wildman–Crippen LogP) is 13.5. The summed E-state index contributed by atoms with van der Waals surface area (Å²) in [5, 5.41) is 2.94. The van der Waals surface area contributed by atoms with Gasteiger partial charge in [0.05, 0.1) is 68.0 Å². The van der Waals surface area contributed by atoms with Gasteiger partial charge in [0.25, 0.3) is 0 Å². The van der Waals surface area contributed by atoms with E-state index in [1.807, 2.05) is 83.2 Å². The summed E-state index contributed by atoms with van der Waals surface area (Å²) in [6, 6.07) is -2.03. The number of aromatic nitrogens is 4. The average Bonchev–Trinajstić information content (AvgIpc) is 1.74. The lowest BCUT2D eigenvalue weighted by atomic mass is 9.91. The normalized spacial score (nSPS) is 20.1. The van der Waals surface area contributed by atoms with Crippen molar-refractivity contribution in [2.24, 2.45) is 62.3 Å². The van der Waals surface area contributed by atoms with Gasteiger partial charge in [-0.15, -0.1) is 45.3 Å². The lowest BCUT2D eigenvalue weighted by molar-refractivity contribution is -0.193. The highest BCUT2D eigenvalue weighted by molar-refractivity contribution is 7.14. The van der Waals surface area contributed by atoms with E-state index in [0.29, 0.717) is 80.3 Å². The number of amides is 8. The lowest BCUT2D eigenvalue weighted by Crippen LogP contribution is -2.47. The largest absolute Gasteiger partial charge is 0.462 e. The van der Waals surface area contributed by atoms with Crippen LogP contribution in [-0.4, -0.2) is 156 Å². The summed E-state index contributed by atoms with van der Waals surface area (Å²) in [5.41, 5.74) is 29.0. The Hall–Kier alpha value is -11.5. The van der Waals surface area contributed by atoms with Crippen LogP contribution in [0.25, 0.3) is 22.3 Å². The smallest absolute Gasteiger partial charge is 0.373 e. The van der Waals surface area contributed by atoms with Crippen LogP contribution in [0.4, 0.5) is 0 Å². The minimum atomic E-state index is -0.512. The fourth-order valence-corrected chi connectivity index (χ4v) is 19.3. The van der Waals surface area contributed by atoms with Crippen molar-refractivity contribution in [1.82, 2.24) is 39.5 Å². The van der Waals surface area contributed by atoms with Crippen LogP contribution in [0.5, 0.6) is 0 Å². The van der Waals surface area contributed by atoms with Crippen molar-refractivity contribution in [3.8, 4) is 0 Å². The van der Waals surface area contributed by atoms with Crippen LogP contribution in [0.3, 0.4) is 0 Å². The van der Waals surface area contributed by atoms with Crippen LogP contribution >= 0.6 is 45.3 Å². The van der Waals surface area contributed by atoms with Crippen LogP contribution in [0.1, 0.15) is 218 Å². The van der Waals surface area contributed by atoms with Crippen molar-refractivity contribution in [1.29, 1.82) is 0 Å². The number of hydrogen-bond donors (Lipinski definition) is 4. The number of carbonyl (C=O) groups excluding carboxylic acids is 14. The van der Waals surface area contributed by atoms with Crippen LogP contribution in [-0.2, 0) is 112 Å². The zero-order valence-electron chi connectivity index (χ0n) is 76.2. The average molecular weight is 1820 g/mol. The molecule has 0 spiro atoms. The number of carbonyl (C=O) groups is 8. The zero-order valence-corrected chi connectivity index (χ0v) is 79.4. The number of ether oxygens (including phenoxy) is 4. The molecule has 0 unspecified atom stereocenters. The molecule has 8 N–H and O–H groups in total. The maximum Gasteiger partial charge on any atom is 0.373 e. The van der Waals surface area contributed by atoms with Gasteiger partial charge in [0.15, 0.2) is 0 Å². The monoisotopic (exact) mass is 1820 g/mol. The highest BCUT2D eigenvalue weighted by Gasteiger charge is 2.43. The van der Waals surface area contributed by atoms with Gasteiger partial charge in [-0.2, -0.15) is 28.8 Å². The first-order valence-corrected chi connectivity index (χ1v) is 45.0. The molecule has 0 aliphatic carbocycles. The number of nitrogens with zero attached hydrogens (tertiary/aromatic N) is 8. The van der Waals surface area contributed by atoms with E-state index in [0.717, 1.165) is 140 Å². The van der Waals surface area contributed by atoms with Gasteiger partial charge in [-0.25, -0.2) is 19.9 Å². The molecule has 8 amide bonds. The second-order valence-electron chi connectivity index (χ2n) is 35.7. The third kappa shape index (κ3) is 28.5. The first kappa shape index (κ1) is 104. The molecular weight excluding hydrogens is 1700 g/mol. The van der Waals surface area contributed by atoms with Crippen LogP contribution < -0.4 is 22.9 Å². The van der Waals surface area contributed by atoms with Crippen LogP contribution in [0.15, 0.2) is 121 Å². The van der Waals surface area contributed by atoms with Crippen molar-refractivity contribution in [2.45, 2.75) is 233 Å². The zero-order chi connectivity index (χ0) is 95.4. The second kappa shape index (κ2) is 45.3. The summed E-state index contributed by atoms with van der Waals surface area (Å²) in [5.74, 6) is 4.45. The molecule has 7 atom stereocenters. The summed E-state index contributed by atoms with van der Waals surface area (Å²) in [4.78, 5) is 176. The fourth-order valence-electron chi connectivity index (χ4n) is 15.2. The molecule has 12 rings (SSSR count). The number of hydrogen-bond acceptors (Lipinski definition) is 26. The van der Waals surface area contributed by atoms with Crippen molar-refractivity contribution >= 4 is 133 Å². The molecule has 0 aromatic carbocycles. The van der Waals surface area contributed by atoms with E-state index in [-0.39, 0.29) is 95.3 Å². The summed E-state index contributed by atoms with van der Waals surface area (Å²) in [6.45, 7) is 57.2. The molecule has 4 aromatic rings. The van der Waals surface area contributed by atoms with Crippen molar-refractivity contribution in [3.63, 3.8) is 0 Å². The molecule has 684 valence electrons. The second-order valence-corrected chi connectivity index (χ2v) is 40.1. The molecule has 4 saturated heterocycles. The molecule has 8 aliphatic heterocycles. The van der Waals surface area contributed by atoms with E-state index in [2.05, 4.69) is 143 Å². The Bertz CT molecular complexity index is 4900. The minimum absolute atomic E-state index is 0.0914. The topological polar surface area (TPSA) is 444 Å². The number of allylic oxidation sites excluding steroid dienone is 16. The lowest BCUT2D eigenvalue weighted by Gasteiger charge is -2.26. The Balaban J connectivity index is 0.000000253. The molecule has 8 aliphatic rings. The Morgan fingerprint density at radius 2 is 0.646 bits per heavy atom. The molecule has 127 heavy (non-hydrogen) atoms. The number of likely N-dealkylation sites (tertiary alicyclic amines) is 4. The van der Waals surface area contributed by atoms with Gasteiger partial charge in [-0.05, 0) is 126 Å². The van der Waals surface area contributed by atoms with Crippen molar-refractivity contribution < 1.29 is 86.1 Å². The Kier molecular flexibility index (Phi) is 37.2. The quantitative estimate of drug-likeness (QED) is 0.0677. The fraction of sp³-hybridized carbons (Fsp3) is 0.495. The number of primary amides is 4. The van der Waals surface area contributed by atoms with Gasteiger partial charge in [0.1, 0.15) is 90.3 Å². The number of thiazole rings is 4. The minimum Gasteiger partial charge on any atom is -0.462 e. The van der Waals surface area contributed by atoms with E-state index < -0.39 is 47.8 Å². The van der Waals surface area contributed by atoms with Crippen molar-refractivity contribution in [2.75, 3.05) is 26.2 Å². The molecule has 30 nitrogen and oxygen atoms in total. The maximum atomic E-state index is 12.9. The molecule has 12 heterocycles. The molecule has 4 aromatic heterocycles. The molecule has 4 fully saturated rings. The number of rotatable bonds is 19.